The minimum absolute atomic E-state index is 0.0840. The Hall–Kier alpha value is -1.82. The first-order valence-corrected chi connectivity index (χ1v) is 5.90. The lowest BCUT2D eigenvalue weighted by molar-refractivity contribution is -0.138. The molecule has 0 spiro atoms. The first kappa shape index (κ1) is 13.6. The van der Waals surface area contributed by atoms with Gasteiger partial charge >= 0.3 is 6.18 Å². The van der Waals surface area contributed by atoms with E-state index < -0.39 is 11.7 Å². The molecule has 0 unspecified atom stereocenters. The Kier molecular flexibility index (Phi) is 3.61. The fraction of sp³-hybridized carbons (Fsp3) is 0.308. The van der Waals surface area contributed by atoms with Crippen LogP contribution in [0.5, 0.6) is 0 Å². The smallest absolute Gasteiger partial charge is 0.326 e. The van der Waals surface area contributed by atoms with Crippen LogP contribution < -0.4 is 5.73 Å². The molecule has 0 amide bonds. The molecule has 2 aromatic rings. The summed E-state index contributed by atoms with van der Waals surface area (Å²) in [5, 5.41) is 0. The minimum atomic E-state index is -4.38. The van der Waals surface area contributed by atoms with Crippen molar-refractivity contribution < 1.29 is 13.2 Å². The molecule has 102 valence electrons. The number of aromatic nitrogens is 2. The van der Waals surface area contributed by atoms with Crippen LogP contribution in [-0.2, 0) is 19.1 Å². The van der Waals surface area contributed by atoms with Crippen LogP contribution in [0.2, 0.25) is 0 Å². The highest BCUT2D eigenvalue weighted by Gasteiger charge is 2.33. The summed E-state index contributed by atoms with van der Waals surface area (Å²) in [6.45, 7) is 1.78. The van der Waals surface area contributed by atoms with Gasteiger partial charge in [0.2, 0.25) is 0 Å². The van der Waals surface area contributed by atoms with Crippen molar-refractivity contribution in [1.29, 1.82) is 0 Å². The third-order valence-electron chi connectivity index (χ3n) is 2.93. The Morgan fingerprint density at radius 3 is 2.63 bits per heavy atom. The first-order chi connectivity index (χ1) is 8.97. The molecule has 0 aliphatic rings. The lowest BCUT2D eigenvalue weighted by atomic mass is 10.1. The Labute approximate surface area is 108 Å². The standard InChI is InChI=1S/C13H14F3N3/c1-2-12-18-5-6-19(12)10-3-4-11(13(14,15)16)9(7-10)8-17/h3-7H,2,8,17H2,1H3. The molecule has 2 N–H and O–H groups in total. The van der Waals surface area contributed by atoms with Crippen LogP contribution in [0.15, 0.2) is 30.6 Å². The highest BCUT2D eigenvalue weighted by Crippen LogP contribution is 2.33. The second kappa shape index (κ2) is 5.05. The number of nitrogens with two attached hydrogens (primary N) is 1. The largest absolute Gasteiger partial charge is 0.416 e. The molecule has 1 aromatic carbocycles. The maximum Gasteiger partial charge on any atom is 0.416 e. The lowest BCUT2D eigenvalue weighted by Crippen LogP contribution is -2.13. The van der Waals surface area contributed by atoms with E-state index in [2.05, 4.69) is 4.98 Å². The molecule has 1 heterocycles. The van der Waals surface area contributed by atoms with E-state index in [1.54, 1.807) is 17.0 Å². The molecule has 0 saturated carbocycles. The molecule has 0 atom stereocenters. The quantitative estimate of drug-likeness (QED) is 0.931. The predicted molar refractivity (Wildman–Crippen MR) is 65.8 cm³/mol. The number of benzene rings is 1. The van der Waals surface area contributed by atoms with E-state index in [1.807, 2.05) is 6.92 Å². The van der Waals surface area contributed by atoms with E-state index in [4.69, 9.17) is 5.73 Å². The van der Waals surface area contributed by atoms with E-state index in [9.17, 15) is 13.2 Å². The van der Waals surface area contributed by atoms with Crippen LogP contribution in [0.25, 0.3) is 5.69 Å². The van der Waals surface area contributed by atoms with Gasteiger partial charge in [-0.2, -0.15) is 13.2 Å². The van der Waals surface area contributed by atoms with E-state index in [0.29, 0.717) is 12.1 Å². The van der Waals surface area contributed by atoms with Gasteiger partial charge in [-0.15, -0.1) is 0 Å². The fourth-order valence-corrected chi connectivity index (χ4v) is 2.01. The molecule has 0 fully saturated rings. The maximum atomic E-state index is 12.8. The van der Waals surface area contributed by atoms with Crippen molar-refractivity contribution in [1.82, 2.24) is 9.55 Å². The zero-order chi connectivity index (χ0) is 14.0. The maximum absolute atomic E-state index is 12.8. The average Bonchev–Trinajstić information content (AvgIpc) is 2.85. The third kappa shape index (κ3) is 2.63. The first-order valence-electron chi connectivity index (χ1n) is 5.90. The number of halogens is 3. The van der Waals surface area contributed by atoms with E-state index in [-0.39, 0.29) is 12.1 Å². The number of hydrogen-bond acceptors (Lipinski definition) is 2. The van der Waals surface area contributed by atoms with Gasteiger partial charge in [-0.25, -0.2) is 4.98 Å². The van der Waals surface area contributed by atoms with E-state index in [1.165, 1.54) is 12.1 Å². The highest BCUT2D eigenvalue weighted by atomic mass is 19.4. The SMILES string of the molecule is CCc1nccn1-c1ccc(C(F)(F)F)c(CN)c1. The van der Waals surface area contributed by atoms with Crippen molar-refractivity contribution >= 4 is 0 Å². The topological polar surface area (TPSA) is 43.8 Å². The normalized spacial score (nSPS) is 11.8. The van der Waals surface area contributed by atoms with Gasteiger partial charge in [0.1, 0.15) is 5.82 Å². The van der Waals surface area contributed by atoms with Gasteiger partial charge in [0.05, 0.1) is 5.56 Å². The van der Waals surface area contributed by atoms with Crippen LogP contribution in [0.3, 0.4) is 0 Å². The molecule has 1 aromatic heterocycles. The molecule has 0 aliphatic heterocycles. The van der Waals surface area contributed by atoms with Crippen LogP contribution in [0.1, 0.15) is 23.9 Å². The molecule has 0 aliphatic carbocycles. The summed E-state index contributed by atoms with van der Waals surface area (Å²) >= 11 is 0. The minimum Gasteiger partial charge on any atom is -0.326 e. The summed E-state index contributed by atoms with van der Waals surface area (Å²) < 4.78 is 40.1. The molecule has 0 radical (unpaired) electrons. The summed E-state index contributed by atoms with van der Waals surface area (Å²) in [7, 11) is 0. The second-order valence-electron chi connectivity index (χ2n) is 4.11. The van der Waals surface area contributed by atoms with Crippen LogP contribution in [-0.4, -0.2) is 9.55 Å². The van der Waals surface area contributed by atoms with Crippen molar-refractivity contribution in [3.63, 3.8) is 0 Å². The Morgan fingerprint density at radius 2 is 2.05 bits per heavy atom. The van der Waals surface area contributed by atoms with Gasteiger partial charge < -0.3 is 10.3 Å². The van der Waals surface area contributed by atoms with Crippen molar-refractivity contribution in [3.8, 4) is 5.69 Å². The molecular formula is C13H14F3N3. The zero-order valence-corrected chi connectivity index (χ0v) is 10.4. The summed E-state index contributed by atoms with van der Waals surface area (Å²) in [5.41, 5.74) is 5.46. The fourth-order valence-electron chi connectivity index (χ4n) is 2.01. The Balaban J connectivity index is 2.51. The molecule has 6 heteroatoms. The van der Waals surface area contributed by atoms with Crippen molar-refractivity contribution in [2.24, 2.45) is 5.73 Å². The molecular weight excluding hydrogens is 255 g/mol. The monoisotopic (exact) mass is 269 g/mol. The lowest BCUT2D eigenvalue weighted by Gasteiger charge is -2.14. The second-order valence-corrected chi connectivity index (χ2v) is 4.11. The van der Waals surface area contributed by atoms with Gasteiger partial charge in [-0.05, 0) is 23.8 Å². The summed E-state index contributed by atoms with van der Waals surface area (Å²) in [6, 6.07) is 3.96. The number of alkyl halides is 3. The number of hydrogen-bond donors (Lipinski definition) is 1. The highest BCUT2D eigenvalue weighted by molar-refractivity contribution is 5.42. The van der Waals surface area contributed by atoms with E-state index in [0.717, 1.165) is 11.9 Å². The van der Waals surface area contributed by atoms with Gasteiger partial charge in [-0.3, -0.25) is 0 Å². The third-order valence-corrected chi connectivity index (χ3v) is 2.93. The Bertz CT molecular complexity index is 573. The van der Waals surface area contributed by atoms with Crippen LogP contribution in [0.4, 0.5) is 13.2 Å². The summed E-state index contributed by atoms with van der Waals surface area (Å²) in [4.78, 5) is 4.15. The van der Waals surface area contributed by atoms with Crippen LogP contribution >= 0.6 is 0 Å². The van der Waals surface area contributed by atoms with E-state index >= 15 is 0 Å². The zero-order valence-electron chi connectivity index (χ0n) is 10.4. The van der Waals surface area contributed by atoms with Crippen molar-refractivity contribution in [2.75, 3.05) is 0 Å². The van der Waals surface area contributed by atoms with Gasteiger partial charge in [-0.1, -0.05) is 6.92 Å². The number of rotatable bonds is 3. The predicted octanol–water partition coefficient (Wildman–Crippen LogP) is 2.91. The van der Waals surface area contributed by atoms with Crippen molar-refractivity contribution in [3.05, 3.63) is 47.5 Å². The number of nitrogens with zero attached hydrogens (tertiary/aromatic N) is 2. The Morgan fingerprint density at radius 1 is 1.32 bits per heavy atom. The molecule has 0 bridgehead atoms. The molecule has 0 saturated heterocycles. The average molecular weight is 269 g/mol. The van der Waals surface area contributed by atoms with Gasteiger partial charge in [0, 0.05) is 31.0 Å². The number of imidazole rings is 1. The summed E-state index contributed by atoms with van der Waals surface area (Å²) in [6.07, 6.45) is -0.331. The van der Waals surface area contributed by atoms with Gasteiger partial charge in [0.15, 0.2) is 0 Å². The van der Waals surface area contributed by atoms with Crippen LogP contribution in [0, 0.1) is 0 Å². The van der Waals surface area contributed by atoms with Gasteiger partial charge in [0.25, 0.3) is 0 Å². The molecule has 19 heavy (non-hydrogen) atoms. The number of aryl methyl sites for hydroxylation is 1. The van der Waals surface area contributed by atoms with Crippen molar-refractivity contribution in [2.45, 2.75) is 26.1 Å². The molecule has 2 rings (SSSR count). The summed E-state index contributed by atoms with van der Waals surface area (Å²) in [5.74, 6) is 0.794. The molecule has 3 nitrogen and oxygen atoms in total.